The molecular formula is C8H5BrFIO3. The van der Waals surface area contributed by atoms with Crippen LogP contribution in [-0.2, 0) is 4.74 Å². The number of phenolic OH excluding ortho intramolecular Hbond substituents is 1. The van der Waals surface area contributed by atoms with Crippen LogP contribution in [0.2, 0.25) is 0 Å². The van der Waals surface area contributed by atoms with Gasteiger partial charge in [-0.3, -0.25) is 0 Å². The van der Waals surface area contributed by atoms with E-state index >= 15 is 0 Å². The highest BCUT2D eigenvalue weighted by atomic mass is 127. The van der Waals surface area contributed by atoms with E-state index in [9.17, 15) is 14.3 Å². The smallest absolute Gasteiger partial charge is 0.339 e. The van der Waals surface area contributed by atoms with Gasteiger partial charge in [0, 0.05) is 0 Å². The molecule has 0 saturated heterocycles. The van der Waals surface area contributed by atoms with E-state index in [0.717, 1.165) is 6.07 Å². The van der Waals surface area contributed by atoms with Crippen LogP contribution in [0.4, 0.5) is 4.39 Å². The van der Waals surface area contributed by atoms with E-state index in [1.807, 2.05) is 0 Å². The first-order chi connectivity index (χ1) is 6.49. The van der Waals surface area contributed by atoms with Crippen molar-refractivity contribution in [2.45, 2.75) is 0 Å². The number of rotatable bonds is 1. The van der Waals surface area contributed by atoms with Crippen molar-refractivity contribution in [3.63, 3.8) is 0 Å². The molecule has 0 aromatic heterocycles. The van der Waals surface area contributed by atoms with E-state index in [-0.39, 0.29) is 19.4 Å². The molecule has 1 N–H and O–H groups in total. The number of phenols is 1. The molecule has 1 aromatic carbocycles. The fourth-order valence-corrected chi connectivity index (χ4v) is 2.18. The van der Waals surface area contributed by atoms with Gasteiger partial charge in [-0.2, -0.15) is 0 Å². The largest absolute Gasteiger partial charge is 0.506 e. The SMILES string of the molecule is COC(=O)c1cc(F)c(Br)c(O)c1I. The number of hydrogen-bond acceptors (Lipinski definition) is 3. The molecule has 0 heterocycles. The zero-order chi connectivity index (χ0) is 10.9. The zero-order valence-electron chi connectivity index (χ0n) is 6.97. The molecule has 6 heteroatoms. The second-order valence-corrected chi connectivity index (χ2v) is 4.25. The van der Waals surface area contributed by atoms with Crippen molar-refractivity contribution in [2.75, 3.05) is 7.11 Å². The van der Waals surface area contributed by atoms with Crippen LogP contribution in [0.5, 0.6) is 5.75 Å². The summed E-state index contributed by atoms with van der Waals surface area (Å²) in [6, 6.07) is 1.01. The molecule has 14 heavy (non-hydrogen) atoms. The number of ether oxygens (including phenoxy) is 1. The number of aromatic hydroxyl groups is 1. The summed E-state index contributed by atoms with van der Waals surface area (Å²) in [5.74, 6) is -1.69. The Kier molecular flexibility index (Phi) is 3.71. The van der Waals surface area contributed by atoms with Crippen molar-refractivity contribution in [3.05, 3.63) is 25.5 Å². The van der Waals surface area contributed by atoms with Gasteiger partial charge in [0.2, 0.25) is 0 Å². The summed E-state index contributed by atoms with van der Waals surface area (Å²) in [6.45, 7) is 0. The van der Waals surface area contributed by atoms with Crippen molar-refractivity contribution in [3.8, 4) is 5.75 Å². The number of carbonyl (C=O) groups is 1. The van der Waals surface area contributed by atoms with Gasteiger partial charge in [-0.05, 0) is 44.6 Å². The van der Waals surface area contributed by atoms with Crippen LogP contribution in [0.1, 0.15) is 10.4 Å². The average molecular weight is 375 g/mol. The third-order valence-electron chi connectivity index (χ3n) is 1.54. The summed E-state index contributed by atoms with van der Waals surface area (Å²) in [4.78, 5) is 11.1. The Labute approximate surface area is 102 Å². The molecule has 3 nitrogen and oxygen atoms in total. The number of methoxy groups -OCH3 is 1. The van der Waals surface area contributed by atoms with Crippen LogP contribution >= 0.6 is 38.5 Å². The van der Waals surface area contributed by atoms with Crippen LogP contribution in [0.25, 0.3) is 0 Å². The van der Waals surface area contributed by atoms with Crippen LogP contribution in [0.3, 0.4) is 0 Å². The summed E-state index contributed by atoms with van der Waals surface area (Å²) in [6.07, 6.45) is 0. The zero-order valence-corrected chi connectivity index (χ0v) is 10.7. The molecule has 0 unspecified atom stereocenters. The fourth-order valence-electron chi connectivity index (χ4n) is 0.849. The minimum absolute atomic E-state index is 0.00583. The maximum Gasteiger partial charge on any atom is 0.339 e. The summed E-state index contributed by atoms with van der Waals surface area (Å²) in [5.41, 5.74) is 0.00583. The van der Waals surface area contributed by atoms with Crippen molar-refractivity contribution in [1.82, 2.24) is 0 Å². The maximum atomic E-state index is 13.1. The van der Waals surface area contributed by atoms with E-state index in [1.165, 1.54) is 7.11 Å². The molecule has 0 aliphatic carbocycles. The predicted octanol–water partition coefficient (Wildman–Crippen LogP) is 2.69. The summed E-state index contributed by atoms with van der Waals surface area (Å²) in [5, 5.41) is 9.41. The fraction of sp³-hybridized carbons (Fsp3) is 0.125. The molecule has 0 atom stereocenters. The number of carbonyl (C=O) groups excluding carboxylic acids is 1. The Balaban J connectivity index is 3.40. The van der Waals surface area contributed by atoms with E-state index in [1.54, 1.807) is 22.6 Å². The molecule has 1 aromatic rings. The lowest BCUT2D eigenvalue weighted by molar-refractivity contribution is 0.0598. The van der Waals surface area contributed by atoms with Crippen LogP contribution < -0.4 is 0 Å². The summed E-state index contributed by atoms with van der Waals surface area (Å²) in [7, 11) is 1.19. The maximum absolute atomic E-state index is 13.1. The van der Waals surface area contributed by atoms with E-state index in [4.69, 9.17) is 0 Å². The van der Waals surface area contributed by atoms with Gasteiger partial charge < -0.3 is 9.84 Å². The molecule has 0 amide bonds. The normalized spacial score (nSPS) is 10.0. The minimum Gasteiger partial charge on any atom is -0.506 e. The highest BCUT2D eigenvalue weighted by Crippen LogP contribution is 2.34. The van der Waals surface area contributed by atoms with Gasteiger partial charge in [-0.1, -0.05) is 0 Å². The van der Waals surface area contributed by atoms with Gasteiger partial charge in [0.15, 0.2) is 0 Å². The lowest BCUT2D eigenvalue weighted by atomic mass is 10.2. The third-order valence-corrected chi connectivity index (χ3v) is 3.38. The van der Waals surface area contributed by atoms with Gasteiger partial charge in [0.25, 0.3) is 0 Å². The minimum atomic E-state index is -0.705. The summed E-state index contributed by atoms with van der Waals surface area (Å²) >= 11 is 4.59. The first-order valence-electron chi connectivity index (χ1n) is 3.43. The standard InChI is InChI=1S/C8H5BrFIO3/c1-14-8(13)3-2-4(10)5(9)7(12)6(3)11/h2,12H,1H3. The predicted molar refractivity (Wildman–Crippen MR) is 59.8 cm³/mol. The highest BCUT2D eigenvalue weighted by molar-refractivity contribution is 14.1. The monoisotopic (exact) mass is 374 g/mol. The molecule has 0 saturated carbocycles. The second-order valence-electron chi connectivity index (χ2n) is 2.37. The van der Waals surface area contributed by atoms with Crippen molar-refractivity contribution < 1.29 is 19.0 Å². The van der Waals surface area contributed by atoms with Gasteiger partial charge in [0.05, 0.1) is 20.7 Å². The van der Waals surface area contributed by atoms with Gasteiger partial charge in [-0.15, -0.1) is 0 Å². The topological polar surface area (TPSA) is 46.5 Å². The molecule has 0 radical (unpaired) electrons. The van der Waals surface area contributed by atoms with Crippen LogP contribution in [0.15, 0.2) is 10.5 Å². The van der Waals surface area contributed by atoms with Gasteiger partial charge >= 0.3 is 5.97 Å². The highest BCUT2D eigenvalue weighted by Gasteiger charge is 2.19. The quantitative estimate of drug-likeness (QED) is 0.467. The molecule has 0 fully saturated rings. The van der Waals surface area contributed by atoms with Crippen LogP contribution in [0, 0.1) is 9.39 Å². The van der Waals surface area contributed by atoms with Crippen molar-refractivity contribution in [1.29, 1.82) is 0 Å². The molecule has 0 spiro atoms. The first kappa shape index (κ1) is 11.7. The van der Waals surface area contributed by atoms with E-state index in [0.29, 0.717) is 0 Å². The number of halogens is 3. The summed E-state index contributed by atoms with van der Waals surface area (Å²) < 4.78 is 17.7. The van der Waals surface area contributed by atoms with Crippen molar-refractivity contribution in [2.24, 2.45) is 0 Å². The van der Waals surface area contributed by atoms with Gasteiger partial charge in [-0.25, -0.2) is 9.18 Å². The first-order valence-corrected chi connectivity index (χ1v) is 5.31. The van der Waals surface area contributed by atoms with E-state index in [2.05, 4.69) is 20.7 Å². The number of benzene rings is 1. The van der Waals surface area contributed by atoms with Crippen LogP contribution in [-0.4, -0.2) is 18.2 Å². The van der Waals surface area contributed by atoms with Crippen molar-refractivity contribution >= 4 is 44.5 Å². The molecule has 0 aliphatic rings. The Bertz CT molecular complexity index is 395. The molecule has 1 rings (SSSR count). The molecular weight excluding hydrogens is 370 g/mol. The Morgan fingerprint density at radius 2 is 2.29 bits per heavy atom. The molecule has 0 aliphatic heterocycles. The number of esters is 1. The second kappa shape index (κ2) is 4.43. The molecule has 0 bridgehead atoms. The Hall–Kier alpha value is -0.370. The lowest BCUT2D eigenvalue weighted by Crippen LogP contribution is -2.05. The Morgan fingerprint density at radius 1 is 1.71 bits per heavy atom. The lowest BCUT2D eigenvalue weighted by Gasteiger charge is -2.06. The molecule has 76 valence electrons. The average Bonchev–Trinajstić information content (AvgIpc) is 2.19. The van der Waals surface area contributed by atoms with E-state index < -0.39 is 11.8 Å². The number of hydrogen-bond donors (Lipinski definition) is 1. The third kappa shape index (κ3) is 2.00. The van der Waals surface area contributed by atoms with Gasteiger partial charge in [0.1, 0.15) is 11.6 Å². The Morgan fingerprint density at radius 3 is 2.79 bits per heavy atom.